The molecule has 3 rings (SSSR count). The molecule has 1 aromatic carbocycles. The fourth-order valence-electron chi connectivity index (χ4n) is 1.67. The van der Waals surface area contributed by atoms with Crippen LogP contribution in [0.3, 0.4) is 0 Å². The molecule has 0 atom stereocenters. The second kappa shape index (κ2) is 4.66. The smallest absolute Gasteiger partial charge is 0.241 e. The van der Waals surface area contributed by atoms with E-state index < -0.39 is 0 Å². The molecule has 2 heterocycles. The number of hydrogen-bond acceptors (Lipinski definition) is 5. The minimum absolute atomic E-state index is 0.172. The van der Waals surface area contributed by atoms with Crippen molar-refractivity contribution in [2.75, 3.05) is 13.2 Å². The molecule has 0 bridgehead atoms. The van der Waals surface area contributed by atoms with E-state index in [1.165, 1.54) is 0 Å². The molecule has 0 saturated carbocycles. The number of fused-ring (bicyclic) bond motifs is 1. The van der Waals surface area contributed by atoms with Crippen molar-refractivity contribution < 1.29 is 14.0 Å². The number of aromatic nitrogens is 2. The molecule has 1 aromatic heterocycles. The molecule has 94 valence electrons. The first-order valence-corrected chi connectivity index (χ1v) is 6.17. The van der Waals surface area contributed by atoms with Crippen LogP contribution in [0.5, 0.6) is 11.5 Å². The van der Waals surface area contributed by atoms with Crippen LogP contribution in [-0.4, -0.2) is 23.4 Å². The van der Waals surface area contributed by atoms with E-state index in [9.17, 15) is 0 Å². The predicted molar refractivity (Wildman–Crippen MR) is 65.3 cm³/mol. The lowest BCUT2D eigenvalue weighted by molar-refractivity contribution is 0.172. The Labute approximate surface area is 113 Å². The van der Waals surface area contributed by atoms with Gasteiger partial charge < -0.3 is 14.0 Å². The lowest BCUT2D eigenvalue weighted by atomic mass is 10.2. The predicted octanol–water partition coefficient (Wildman–Crippen LogP) is 2.90. The van der Waals surface area contributed by atoms with Crippen molar-refractivity contribution in [1.82, 2.24) is 10.1 Å². The van der Waals surface area contributed by atoms with E-state index in [4.69, 9.17) is 37.2 Å². The Morgan fingerprint density at radius 2 is 2.06 bits per heavy atom. The summed E-state index contributed by atoms with van der Waals surface area (Å²) in [6, 6.07) is 3.47. The molecular weight excluding hydrogens is 279 g/mol. The van der Waals surface area contributed by atoms with Crippen molar-refractivity contribution in [3.8, 4) is 22.9 Å². The van der Waals surface area contributed by atoms with Gasteiger partial charge in [-0.25, -0.2) is 0 Å². The quantitative estimate of drug-likeness (QED) is 0.795. The van der Waals surface area contributed by atoms with Crippen molar-refractivity contribution in [1.29, 1.82) is 0 Å². The molecule has 0 aliphatic carbocycles. The maximum absolute atomic E-state index is 6.12. The maximum Gasteiger partial charge on any atom is 0.241 e. The van der Waals surface area contributed by atoms with E-state index >= 15 is 0 Å². The molecular formula is C11H8Cl2N2O3. The zero-order valence-electron chi connectivity index (χ0n) is 9.15. The number of halogens is 2. The summed E-state index contributed by atoms with van der Waals surface area (Å²) in [6.07, 6.45) is 0. The van der Waals surface area contributed by atoms with Gasteiger partial charge in [-0.2, -0.15) is 4.98 Å². The van der Waals surface area contributed by atoms with Gasteiger partial charge in [0.25, 0.3) is 0 Å². The van der Waals surface area contributed by atoms with Crippen LogP contribution in [0, 0.1) is 0 Å². The number of benzene rings is 1. The van der Waals surface area contributed by atoms with Crippen LogP contribution in [0.25, 0.3) is 11.4 Å². The van der Waals surface area contributed by atoms with E-state index in [0.717, 1.165) is 0 Å². The average molecular weight is 287 g/mol. The van der Waals surface area contributed by atoms with Gasteiger partial charge in [0.2, 0.25) is 11.7 Å². The zero-order chi connectivity index (χ0) is 12.5. The summed E-state index contributed by atoms with van der Waals surface area (Å²) in [7, 11) is 0. The Kier molecular flexibility index (Phi) is 3.01. The lowest BCUT2D eigenvalue weighted by Gasteiger charge is -2.19. The van der Waals surface area contributed by atoms with Crippen molar-refractivity contribution >= 4 is 23.2 Å². The van der Waals surface area contributed by atoms with Gasteiger partial charge >= 0.3 is 0 Å². The van der Waals surface area contributed by atoms with E-state index in [1.54, 1.807) is 12.1 Å². The van der Waals surface area contributed by atoms with Gasteiger partial charge in [0.15, 0.2) is 11.5 Å². The van der Waals surface area contributed by atoms with Crippen LogP contribution >= 0.6 is 23.2 Å². The highest BCUT2D eigenvalue weighted by molar-refractivity contribution is 6.32. The lowest BCUT2D eigenvalue weighted by Crippen LogP contribution is -2.15. The Morgan fingerprint density at radius 3 is 2.83 bits per heavy atom. The average Bonchev–Trinajstić information content (AvgIpc) is 2.87. The summed E-state index contributed by atoms with van der Waals surface area (Å²) in [5.41, 5.74) is 0.698. The Morgan fingerprint density at radius 1 is 1.22 bits per heavy atom. The number of nitrogens with zero attached hydrogens (tertiary/aromatic N) is 2. The molecule has 0 unspecified atom stereocenters. The number of hydrogen-bond donors (Lipinski definition) is 0. The number of rotatable bonds is 2. The second-order valence-corrected chi connectivity index (χ2v) is 4.30. The standard InChI is InChI=1S/C11H8Cl2N2O3/c12-5-9-14-11(15-18-9)6-3-7(13)10-8(4-6)16-1-2-17-10/h3-4H,1-2,5H2. The van der Waals surface area contributed by atoms with Gasteiger partial charge in [0.1, 0.15) is 19.1 Å². The third-order valence-electron chi connectivity index (χ3n) is 2.44. The highest BCUT2D eigenvalue weighted by Crippen LogP contribution is 2.40. The molecule has 2 aromatic rings. The fourth-order valence-corrected chi connectivity index (χ4v) is 2.04. The van der Waals surface area contributed by atoms with Crippen molar-refractivity contribution in [2.24, 2.45) is 0 Å². The molecule has 0 saturated heterocycles. The van der Waals surface area contributed by atoms with E-state index in [1.807, 2.05) is 0 Å². The van der Waals surface area contributed by atoms with Gasteiger partial charge in [0.05, 0.1) is 5.02 Å². The molecule has 1 aliphatic rings. The number of ether oxygens (including phenoxy) is 2. The van der Waals surface area contributed by atoms with Crippen molar-refractivity contribution in [3.63, 3.8) is 0 Å². The van der Waals surface area contributed by atoms with Crippen molar-refractivity contribution in [2.45, 2.75) is 5.88 Å². The minimum atomic E-state index is 0.172. The monoisotopic (exact) mass is 286 g/mol. The second-order valence-electron chi connectivity index (χ2n) is 3.63. The fraction of sp³-hybridized carbons (Fsp3) is 0.273. The first-order chi connectivity index (χ1) is 8.78. The maximum atomic E-state index is 6.12. The molecule has 7 heteroatoms. The molecule has 0 fully saturated rings. The first kappa shape index (κ1) is 11.6. The summed E-state index contributed by atoms with van der Waals surface area (Å²) in [6.45, 7) is 0.983. The summed E-state index contributed by atoms with van der Waals surface area (Å²) < 4.78 is 15.9. The van der Waals surface area contributed by atoms with Crippen molar-refractivity contribution in [3.05, 3.63) is 23.0 Å². The molecule has 0 spiro atoms. The van der Waals surface area contributed by atoms with Gasteiger partial charge in [-0.3, -0.25) is 0 Å². The van der Waals surface area contributed by atoms with Gasteiger partial charge in [-0.1, -0.05) is 16.8 Å². The largest absolute Gasteiger partial charge is 0.486 e. The third-order valence-corrected chi connectivity index (χ3v) is 2.95. The van der Waals surface area contributed by atoms with Gasteiger partial charge in [-0.05, 0) is 12.1 Å². The topological polar surface area (TPSA) is 57.4 Å². The van der Waals surface area contributed by atoms with Crippen LogP contribution in [0.2, 0.25) is 5.02 Å². The molecule has 1 aliphatic heterocycles. The highest BCUT2D eigenvalue weighted by atomic mass is 35.5. The minimum Gasteiger partial charge on any atom is -0.486 e. The summed E-state index contributed by atoms with van der Waals surface area (Å²) >= 11 is 11.7. The third kappa shape index (κ3) is 2.00. The summed E-state index contributed by atoms with van der Waals surface area (Å²) in [5, 5.41) is 4.28. The van der Waals surface area contributed by atoms with E-state index in [0.29, 0.717) is 47.0 Å². The van der Waals surface area contributed by atoms with E-state index in [-0.39, 0.29) is 5.88 Å². The summed E-state index contributed by atoms with van der Waals surface area (Å²) in [4.78, 5) is 4.12. The highest BCUT2D eigenvalue weighted by Gasteiger charge is 2.19. The molecule has 0 amide bonds. The molecule has 0 radical (unpaired) electrons. The van der Waals surface area contributed by atoms with Crippen LogP contribution in [0.1, 0.15) is 5.89 Å². The molecule has 18 heavy (non-hydrogen) atoms. The SMILES string of the molecule is ClCc1nc(-c2cc(Cl)c3c(c2)OCCO3)no1. The summed E-state index contributed by atoms with van der Waals surface area (Å²) in [5.74, 6) is 2.08. The van der Waals surface area contributed by atoms with Crippen LogP contribution in [0.4, 0.5) is 0 Å². The molecule has 5 nitrogen and oxygen atoms in total. The zero-order valence-corrected chi connectivity index (χ0v) is 10.7. The van der Waals surface area contributed by atoms with E-state index in [2.05, 4.69) is 10.1 Å². The van der Waals surface area contributed by atoms with Gasteiger partial charge in [0, 0.05) is 5.56 Å². The Balaban J connectivity index is 2.04. The first-order valence-electron chi connectivity index (χ1n) is 5.26. The Bertz CT molecular complexity index is 586. The van der Waals surface area contributed by atoms with Crippen LogP contribution in [0.15, 0.2) is 16.7 Å². The number of alkyl halides is 1. The Hall–Kier alpha value is -1.46. The van der Waals surface area contributed by atoms with Crippen LogP contribution in [-0.2, 0) is 5.88 Å². The normalized spacial score (nSPS) is 13.7. The van der Waals surface area contributed by atoms with Crippen LogP contribution < -0.4 is 9.47 Å². The van der Waals surface area contributed by atoms with Gasteiger partial charge in [-0.15, -0.1) is 11.6 Å². The molecule has 0 N–H and O–H groups in total.